The molecule has 0 aliphatic rings. The normalized spacial score (nSPS) is 10.6. The predicted octanol–water partition coefficient (Wildman–Crippen LogP) is 7.17. The van der Waals surface area contributed by atoms with E-state index in [0.717, 1.165) is 33.5 Å². The molecule has 2 rings (SSSR count). The lowest BCUT2D eigenvalue weighted by atomic mass is 10.1. The zero-order valence-corrected chi connectivity index (χ0v) is 16.2. The molecule has 0 nitrogen and oxygen atoms in total. The van der Waals surface area contributed by atoms with Gasteiger partial charge in [0.2, 0.25) is 0 Å². The molecular weight excluding hydrogens is 544 g/mol. The zero-order chi connectivity index (χ0) is 12.6. The highest BCUT2D eigenvalue weighted by Gasteiger charge is 2.10. The Hall–Kier alpha value is 0.840. The van der Waals surface area contributed by atoms with Gasteiger partial charge >= 0.3 is 0 Å². The summed E-state index contributed by atoms with van der Waals surface area (Å²) in [5, 5.41) is 0. The summed E-state index contributed by atoms with van der Waals surface area (Å²) in [7, 11) is 0. The van der Waals surface area contributed by atoms with Crippen molar-refractivity contribution < 1.29 is 0 Å². The van der Waals surface area contributed by atoms with E-state index in [-0.39, 0.29) is 0 Å². The number of hydrogen-bond acceptors (Lipinski definition) is 0. The van der Waals surface area contributed by atoms with E-state index in [2.05, 4.69) is 91.8 Å². The second-order valence-corrected chi connectivity index (χ2v) is 7.70. The SMILES string of the molecule is Brc1ccc(-c2cc(Br)c(Br)cc2Br)c(Br)c1. The van der Waals surface area contributed by atoms with Crippen LogP contribution >= 0.6 is 79.6 Å². The van der Waals surface area contributed by atoms with Crippen LogP contribution in [-0.4, -0.2) is 0 Å². The van der Waals surface area contributed by atoms with Gasteiger partial charge in [0, 0.05) is 22.4 Å². The van der Waals surface area contributed by atoms with Crippen molar-refractivity contribution >= 4 is 79.6 Å². The summed E-state index contributed by atoms with van der Waals surface area (Å²) in [6.07, 6.45) is 0. The molecule has 0 fully saturated rings. The maximum atomic E-state index is 3.59. The molecule has 2 aromatic rings. The molecule has 0 N–H and O–H groups in total. The molecule has 5 heteroatoms. The van der Waals surface area contributed by atoms with Gasteiger partial charge in [-0.05, 0) is 67.3 Å². The van der Waals surface area contributed by atoms with E-state index in [1.54, 1.807) is 0 Å². The van der Waals surface area contributed by atoms with Gasteiger partial charge in [-0.3, -0.25) is 0 Å². The van der Waals surface area contributed by atoms with Crippen molar-refractivity contribution in [3.8, 4) is 11.1 Å². The molecule has 0 aromatic heterocycles. The van der Waals surface area contributed by atoms with Gasteiger partial charge in [0.25, 0.3) is 0 Å². The Kier molecular flexibility index (Phi) is 4.92. The van der Waals surface area contributed by atoms with Crippen LogP contribution in [0.15, 0.2) is 52.7 Å². The van der Waals surface area contributed by atoms with Gasteiger partial charge in [0.15, 0.2) is 0 Å². The first kappa shape index (κ1) is 14.3. The summed E-state index contributed by atoms with van der Waals surface area (Å²) in [4.78, 5) is 0. The van der Waals surface area contributed by atoms with E-state index in [4.69, 9.17) is 0 Å². The largest absolute Gasteiger partial charge is 0.0521 e. The predicted molar refractivity (Wildman–Crippen MR) is 90.4 cm³/mol. The molecule has 0 unspecified atom stereocenters. The molecule has 0 aliphatic heterocycles. The topological polar surface area (TPSA) is 0 Å². The third-order valence-electron chi connectivity index (χ3n) is 2.23. The van der Waals surface area contributed by atoms with Gasteiger partial charge in [0.05, 0.1) is 0 Å². The van der Waals surface area contributed by atoms with E-state index in [9.17, 15) is 0 Å². The van der Waals surface area contributed by atoms with Crippen LogP contribution in [0.3, 0.4) is 0 Å². The van der Waals surface area contributed by atoms with Gasteiger partial charge in [-0.25, -0.2) is 0 Å². The van der Waals surface area contributed by atoms with Gasteiger partial charge in [-0.1, -0.05) is 53.9 Å². The molecule has 0 spiro atoms. The van der Waals surface area contributed by atoms with Gasteiger partial charge in [-0.15, -0.1) is 0 Å². The molecule has 2 aromatic carbocycles. The summed E-state index contributed by atoms with van der Waals surface area (Å²) in [6, 6.07) is 10.3. The van der Waals surface area contributed by atoms with Crippen molar-refractivity contribution in [3.63, 3.8) is 0 Å². The van der Waals surface area contributed by atoms with E-state index >= 15 is 0 Å². The maximum Gasteiger partial charge on any atom is 0.0329 e. The van der Waals surface area contributed by atoms with Crippen molar-refractivity contribution in [2.45, 2.75) is 0 Å². The zero-order valence-electron chi connectivity index (χ0n) is 8.28. The molecule has 0 amide bonds. The highest BCUT2D eigenvalue weighted by Crippen LogP contribution is 2.39. The molecule has 0 bridgehead atoms. The standard InChI is InChI=1S/C12H5Br5/c13-6-1-2-7(9(14)3-6)8-4-11(16)12(17)5-10(8)15/h1-5H. The summed E-state index contributed by atoms with van der Waals surface area (Å²) in [6.45, 7) is 0. The van der Waals surface area contributed by atoms with Gasteiger partial charge in [-0.2, -0.15) is 0 Å². The fraction of sp³-hybridized carbons (Fsp3) is 0. The Bertz CT molecular complexity index is 577. The second kappa shape index (κ2) is 5.87. The van der Waals surface area contributed by atoms with Crippen molar-refractivity contribution in [2.24, 2.45) is 0 Å². The second-order valence-electron chi connectivity index (χ2n) is 3.37. The van der Waals surface area contributed by atoms with Crippen molar-refractivity contribution in [3.05, 3.63) is 52.7 Å². The molecule has 0 heterocycles. The molecule has 0 radical (unpaired) electrons. The first-order valence-electron chi connectivity index (χ1n) is 4.59. The molecule has 0 aliphatic carbocycles. The molecule has 0 saturated carbocycles. The smallest absolute Gasteiger partial charge is 0.0329 e. The van der Waals surface area contributed by atoms with Crippen LogP contribution in [0.1, 0.15) is 0 Å². The lowest BCUT2D eigenvalue weighted by molar-refractivity contribution is 1.50. The maximum absolute atomic E-state index is 3.59. The van der Waals surface area contributed by atoms with Crippen LogP contribution < -0.4 is 0 Å². The quantitative estimate of drug-likeness (QED) is 0.332. The molecular formula is C12H5Br5. The summed E-state index contributed by atoms with van der Waals surface area (Å²) in [5.74, 6) is 0. The summed E-state index contributed by atoms with van der Waals surface area (Å²) < 4.78 is 5.23. The van der Waals surface area contributed by atoms with Crippen LogP contribution in [0.5, 0.6) is 0 Å². The molecule has 0 atom stereocenters. The number of halogens is 5. The Morgan fingerprint density at radius 2 is 1.12 bits per heavy atom. The number of hydrogen-bond donors (Lipinski definition) is 0. The summed E-state index contributed by atoms with van der Waals surface area (Å²) >= 11 is 17.6. The van der Waals surface area contributed by atoms with E-state index in [0.29, 0.717) is 0 Å². The van der Waals surface area contributed by atoms with Crippen LogP contribution in [0.4, 0.5) is 0 Å². The Balaban J connectivity index is 2.64. The molecule has 88 valence electrons. The number of benzene rings is 2. The molecule has 0 saturated heterocycles. The first-order valence-corrected chi connectivity index (χ1v) is 8.55. The highest BCUT2D eigenvalue weighted by molar-refractivity contribution is 9.13. The molecule has 17 heavy (non-hydrogen) atoms. The van der Waals surface area contributed by atoms with Crippen LogP contribution in [0, 0.1) is 0 Å². The van der Waals surface area contributed by atoms with Crippen molar-refractivity contribution in [1.82, 2.24) is 0 Å². The minimum absolute atomic E-state index is 1.03. The van der Waals surface area contributed by atoms with Crippen LogP contribution in [0.2, 0.25) is 0 Å². The Labute approximate surface area is 142 Å². The fourth-order valence-electron chi connectivity index (χ4n) is 1.44. The van der Waals surface area contributed by atoms with Gasteiger partial charge < -0.3 is 0 Å². The van der Waals surface area contributed by atoms with E-state index < -0.39 is 0 Å². The van der Waals surface area contributed by atoms with E-state index in [1.807, 2.05) is 18.2 Å². The monoisotopic (exact) mass is 544 g/mol. The minimum atomic E-state index is 1.03. The van der Waals surface area contributed by atoms with Crippen LogP contribution in [0.25, 0.3) is 11.1 Å². The average Bonchev–Trinajstić information content (AvgIpc) is 2.24. The van der Waals surface area contributed by atoms with Crippen LogP contribution in [-0.2, 0) is 0 Å². The Morgan fingerprint density at radius 1 is 0.529 bits per heavy atom. The first-order chi connectivity index (χ1) is 7.99. The average molecular weight is 549 g/mol. The summed E-state index contributed by atoms with van der Waals surface area (Å²) in [5.41, 5.74) is 2.28. The lowest BCUT2D eigenvalue weighted by Crippen LogP contribution is -1.84. The third-order valence-corrected chi connectivity index (χ3v) is 5.88. The Morgan fingerprint density at radius 3 is 1.76 bits per heavy atom. The fourth-order valence-corrected chi connectivity index (χ4v) is 4.25. The van der Waals surface area contributed by atoms with Crippen molar-refractivity contribution in [2.75, 3.05) is 0 Å². The van der Waals surface area contributed by atoms with E-state index in [1.165, 1.54) is 0 Å². The third kappa shape index (κ3) is 3.24. The van der Waals surface area contributed by atoms with Gasteiger partial charge in [0.1, 0.15) is 0 Å². The lowest BCUT2D eigenvalue weighted by Gasteiger charge is -2.09. The van der Waals surface area contributed by atoms with Crippen molar-refractivity contribution in [1.29, 1.82) is 0 Å². The highest BCUT2D eigenvalue weighted by atomic mass is 79.9. The number of rotatable bonds is 1. The minimum Gasteiger partial charge on any atom is -0.0521 e.